The van der Waals surface area contributed by atoms with Crippen molar-refractivity contribution in [2.75, 3.05) is 26.3 Å². The lowest BCUT2D eigenvalue weighted by Gasteiger charge is -2.22. The van der Waals surface area contributed by atoms with E-state index in [0.29, 0.717) is 19.8 Å². The highest BCUT2D eigenvalue weighted by atomic mass is 79.9. The minimum absolute atomic E-state index is 0.555. The predicted octanol–water partition coefficient (Wildman–Crippen LogP) is 2.18. The number of hydrogen-bond acceptors (Lipinski definition) is 4. The number of halogens is 1. The van der Waals surface area contributed by atoms with Crippen LogP contribution in [0.25, 0.3) is 0 Å². The van der Waals surface area contributed by atoms with Crippen LogP contribution in [0.1, 0.15) is 18.9 Å². The van der Waals surface area contributed by atoms with E-state index in [-0.39, 0.29) is 0 Å². The summed E-state index contributed by atoms with van der Waals surface area (Å²) in [4.78, 5) is 2.26. The van der Waals surface area contributed by atoms with Crippen LogP contribution in [0.3, 0.4) is 0 Å². The van der Waals surface area contributed by atoms with Gasteiger partial charge >= 0.3 is 0 Å². The zero-order valence-electron chi connectivity index (χ0n) is 11.0. The van der Waals surface area contributed by atoms with Crippen LogP contribution in [-0.4, -0.2) is 41.9 Å². The summed E-state index contributed by atoms with van der Waals surface area (Å²) in [5.41, 5.74) is 0.613. The van der Waals surface area contributed by atoms with E-state index in [9.17, 15) is 5.11 Å². The number of fused-ring (bicyclic) bond motifs is 1. The van der Waals surface area contributed by atoms with Gasteiger partial charge in [0, 0.05) is 24.1 Å². The van der Waals surface area contributed by atoms with Gasteiger partial charge in [-0.05, 0) is 31.0 Å². The van der Waals surface area contributed by atoms with Crippen molar-refractivity contribution in [2.45, 2.75) is 25.5 Å². The Labute approximate surface area is 121 Å². The Bertz CT molecular complexity index is 490. The highest BCUT2D eigenvalue weighted by Gasteiger charge is 2.31. The van der Waals surface area contributed by atoms with Gasteiger partial charge in [-0.1, -0.05) is 15.9 Å². The van der Waals surface area contributed by atoms with Crippen molar-refractivity contribution in [2.24, 2.45) is 0 Å². The van der Waals surface area contributed by atoms with Gasteiger partial charge in [-0.15, -0.1) is 0 Å². The van der Waals surface area contributed by atoms with Gasteiger partial charge in [0.05, 0.1) is 5.60 Å². The number of rotatable bonds is 2. The van der Waals surface area contributed by atoms with Gasteiger partial charge < -0.3 is 14.6 Å². The summed E-state index contributed by atoms with van der Waals surface area (Å²) in [5, 5.41) is 10.0. The van der Waals surface area contributed by atoms with E-state index < -0.39 is 5.60 Å². The maximum Gasteiger partial charge on any atom is 0.162 e. The highest BCUT2D eigenvalue weighted by Crippen LogP contribution is 2.36. The van der Waals surface area contributed by atoms with E-state index in [1.165, 1.54) is 5.56 Å². The Kier molecular flexibility index (Phi) is 3.45. The van der Waals surface area contributed by atoms with E-state index >= 15 is 0 Å². The van der Waals surface area contributed by atoms with Crippen LogP contribution in [0.15, 0.2) is 16.6 Å². The first-order chi connectivity index (χ1) is 9.03. The van der Waals surface area contributed by atoms with E-state index in [4.69, 9.17) is 9.47 Å². The second-order valence-electron chi connectivity index (χ2n) is 5.54. The average molecular weight is 328 g/mol. The molecule has 1 atom stereocenters. The molecule has 0 saturated carbocycles. The Balaban J connectivity index is 1.78. The fourth-order valence-electron chi connectivity index (χ4n) is 2.64. The molecule has 5 heteroatoms. The maximum atomic E-state index is 10.0. The largest absolute Gasteiger partial charge is 0.486 e. The molecule has 1 aromatic carbocycles. The molecule has 2 aliphatic rings. The molecule has 1 aromatic rings. The molecule has 0 aliphatic carbocycles. The van der Waals surface area contributed by atoms with E-state index in [2.05, 4.69) is 20.8 Å². The molecule has 1 fully saturated rings. The monoisotopic (exact) mass is 327 g/mol. The summed E-state index contributed by atoms with van der Waals surface area (Å²) in [5.74, 6) is 1.62. The zero-order chi connectivity index (χ0) is 13.5. The first-order valence-electron chi connectivity index (χ1n) is 6.56. The molecule has 4 nitrogen and oxygen atoms in total. The fraction of sp³-hybridized carbons (Fsp3) is 0.571. The number of ether oxygens (including phenoxy) is 2. The number of nitrogens with zero attached hydrogens (tertiary/aromatic N) is 1. The van der Waals surface area contributed by atoms with Crippen LogP contribution in [0.2, 0.25) is 0 Å². The predicted molar refractivity (Wildman–Crippen MR) is 75.6 cm³/mol. The van der Waals surface area contributed by atoms with Crippen molar-refractivity contribution >= 4 is 15.9 Å². The minimum atomic E-state index is -0.555. The lowest BCUT2D eigenvalue weighted by Crippen LogP contribution is -2.29. The van der Waals surface area contributed by atoms with E-state index in [0.717, 1.165) is 35.5 Å². The molecule has 104 valence electrons. The first kappa shape index (κ1) is 13.2. The quantitative estimate of drug-likeness (QED) is 0.904. The smallest absolute Gasteiger partial charge is 0.162 e. The Morgan fingerprint density at radius 2 is 2.00 bits per heavy atom. The normalized spacial score (nSPS) is 26.7. The molecule has 1 N–H and O–H groups in total. The van der Waals surface area contributed by atoms with E-state index in [1.807, 2.05) is 19.1 Å². The fourth-order valence-corrected chi connectivity index (χ4v) is 3.09. The van der Waals surface area contributed by atoms with Crippen molar-refractivity contribution in [3.05, 3.63) is 22.2 Å². The summed E-state index contributed by atoms with van der Waals surface area (Å²) >= 11 is 3.59. The summed E-state index contributed by atoms with van der Waals surface area (Å²) in [7, 11) is 0. The van der Waals surface area contributed by atoms with Gasteiger partial charge in [0.25, 0.3) is 0 Å². The lowest BCUT2D eigenvalue weighted by atomic mass is 10.1. The molecule has 0 radical (unpaired) electrons. The number of β-amino-alcohol motifs (C(OH)–C–C–N with tert-alkyl or cyclic N) is 1. The van der Waals surface area contributed by atoms with Crippen LogP contribution in [0, 0.1) is 0 Å². The van der Waals surface area contributed by atoms with Crippen LogP contribution < -0.4 is 9.47 Å². The second-order valence-corrected chi connectivity index (χ2v) is 6.40. The molecule has 0 spiro atoms. The van der Waals surface area contributed by atoms with Gasteiger partial charge in [-0.25, -0.2) is 0 Å². The molecule has 0 bridgehead atoms. The van der Waals surface area contributed by atoms with Gasteiger partial charge in [-0.3, -0.25) is 4.90 Å². The summed E-state index contributed by atoms with van der Waals surface area (Å²) in [6.07, 6.45) is 0.829. The Morgan fingerprint density at radius 3 is 2.63 bits per heavy atom. The lowest BCUT2D eigenvalue weighted by molar-refractivity contribution is 0.0678. The summed E-state index contributed by atoms with van der Waals surface area (Å²) < 4.78 is 12.2. The first-order valence-corrected chi connectivity index (χ1v) is 7.36. The molecule has 2 heterocycles. The molecular weight excluding hydrogens is 310 g/mol. The summed E-state index contributed by atoms with van der Waals surface area (Å²) in [6.45, 7) is 5.56. The zero-order valence-corrected chi connectivity index (χ0v) is 12.6. The van der Waals surface area contributed by atoms with Gasteiger partial charge in [0.1, 0.15) is 13.2 Å². The van der Waals surface area contributed by atoms with Crippen molar-refractivity contribution in [3.63, 3.8) is 0 Å². The SMILES string of the molecule is CC1(O)CCN(Cc2cc3c(cc2Br)OCCO3)C1. The van der Waals surface area contributed by atoms with Crippen molar-refractivity contribution < 1.29 is 14.6 Å². The molecule has 0 amide bonds. The van der Waals surface area contributed by atoms with Crippen molar-refractivity contribution in [1.29, 1.82) is 0 Å². The van der Waals surface area contributed by atoms with Crippen LogP contribution in [0.5, 0.6) is 11.5 Å². The topological polar surface area (TPSA) is 41.9 Å². The third-order valence-corrected chi connectivity index (χ3v) is 4.37. The molecule has 0 aromatic heterocycles. The minimum Gasteiger partial charge on any atom is -0.486 e. The molecular formula is C14H18BrNO3. The summed E-state index contributed by atoms with van der Waals surface area (Å²) in [6, 6.07) is 4.00. The molecule has 2 aliphatic heterocycles. The standard InChI is InChI=1S/C14H18BrNO3/c1-14(17)2-3-16(9-14)8-10-6-12-13(7-11(10)15)19-5-4-18-12/h6-7,17H,2-5,8-9H2,1H3. The highest BCUT2D eigenvalue weighted by molar-refractivity contribution is 9.10. The average Bonchev–Trinajstić information content (AvgIpc) is 2.70. The van der Waals surface area contributed by atoms with Crippen molar-refractivity contribution in [3.8, 4) is 11.5 Å². The van der Waals surface area contributed by atoms with Crippen LogP contribution >= 0.6 is 15.9 Å². The molecule has 1 unspecified atom stereocenters. The Hall–Kier alpha value is -0.780. The van der Waals surface area contributed by atoms with Crippen LogP contribution in [-0.2, 0) is 6.54 Å². The number of hydrogen-bond donors (Lipinski definition) is 1. The number of aliphatic hydroxyl groups is 1. The van der Waals surface area contributed by atoms with Crippen molar-refractivity contribution in [1.82, 2.24) is 4.90 Å². The van der Waals surface area contributed by atoms with Crippen LogP contribution in [0.4, 0.5) is 0 Å². The number of benzene rings is 1. The van der Waals surface area contributed by atoms with Gasteiger partial charge in [0.2, 0.25) is 0 Å². The third-order valence-electron chi connectivity index (χ3n) is 3.64. The molecule has 19 heavy (non-hydrogen) atoms. The molecule has 1 saturated heterocycles. The number of likely N-dealkylation sites (tertiary alicyclic amines) is 1. The maximum absolute atomic E-state index is 10.0. The second kappa shape index (κ2) is 4.96. The molecule has 3 rings (SSSR count). The third kappa shape index (κ3) is 2.88. The Morgan fingerprint density at radius 1 is 1.32 bits per heavy atom. The van der Waals surface area contributed by atoms with Gasteiger partial charge in [0.15, 0.2) is 11.5 Å². The van der Waals surface area contributed by atoms with E-state index in [1.54, 1.807) is 0 Å². The van der Waals surface area contributed by atoms with Gasteiger partial charge in [-0.2, -0.15) is 0 Å².